The highest BCUT2D eigenvalue weighted by Crippen LogP contribution is 2.42. The van der Waals surface area contributed by atoms with E-state index in [1.807, 2.05) is 51.1 Å². The number of nitrogens with zero attached hydrogens (tertiary/aromatic N) is 2. The Labute approximate surface area is 236 Å². The van der Waals surface area contributed by atoms with Crippen molar-refractivity contribution >= 4 is 28.7 Å². The highest BCUT2D eigenvalue weighted by molar-refractivity contribution is 6.28. The van der Waals surface area contributed by atoms with Gasteiger partial charge in [-0.2, -0.15) is 6.42 Å². The molecule has 2 aromatic heterocycles. The van der Waals surface area contributed by atoms with Crippen molar-refractivity contribution in [2.24, 2.45) is 0 Å². The predicted molar refractivity (Wildman–Crippen MR) is 157 cm³/mol. The van der Waals surface area contributed by atoms with Crippen molar-refractivity contribution < 1.29 is 14.1 Å². The molecule has 0 atom stereocenters. The van der Waals surface area contributed by atoms with Crippen LogP contribution in [0.25, 0.3) is 33.4 Å². The van der Waals surface area contributed by atoms with Gasteiger partial charge in [-0.05, 0) is 68.8 Å². The van der Waals surface area contributed by atoms with Crippen molar-refractivity contribution in [2.45, 2.75) is 71.1 Å². The van der Waals surface area contributed by atoms with E-state index < -0.39 is 11.1 Å². The van der Waals surface area contributed by atoms with Crippen molar-refractivity contribution in [3.05, 3.63) is 89.9 Å². The maximum absolute atomic E-state index is 12.6. The van der Waals surface area contributed by atoms with Gasteiger partial charge in [0.25, 0.3) is 5.15 Å². The molecular weight excluding hydrogens is 506 g/mol. The molecule has 0 saturated heterocycles. The van der Waals surface area contributed by atoms with Crippen molar-refractivity contribution in [3.63, 3.8) is 0 Å². The SMILES string of the molecule is CC[CH-]C[n+]1c(Cl)ccc2nc(-c3ccc(C4(NC(=O)OC(C)(C)C)CCC4)cc3)c(-c3ccccc3)cc21. The van der Waals surface area contributed by atoms with Gasteiger partial charge in [0.1, 0.15) is 11.1 Å². The molecule has 1 N–H and O–H groups in total. The Morgan fingerprint density at radius 1 is 1.05 bits per heavy atom. The number of benzene rings is 2. The van der Waals surface area contributed by atoms with Crippen LogP contribution in [0.1, 0.15) is 58.9 Å². The van der Waals surface area contributed by atoms with Crippen molar-refractivity contribution in [2.75, 3.05) is 0 Å². The molecule has 0 bridgehead atoms. The van der Waals surface area contributed by atoms with E-state index >= 15 is 0 Å². The Bertz CT molecular complexity index is 1470. The zero-order valence-corrected chi connectivity index (χ0v) is 23.9. The molecule has 0 unspecified atom stereocenters. The van der Waals surface area contributed by atoms with Crippen LogP contribution < -0.4 is 9.88 Å². The van der Waals surface area contributed by atoms with Gasteiger partial charge in [0.05, 0.1) is 11.2 Å². The second-order valence-electron chi connectivity index (χ2n) is 11.3. The van der Waals surface area contributed by atoms with Gasteiger partial charge in [0.2, 0.25) is 5.52 Å². The first-order valence-corrected chi connectivity index (χ1v) is 14.1. The minimum Gasteiger partial charge on any atom is -0.444 e. The molecule has 1 saturated carbocycles. The number of pyridine rings is 2. The van der Waals surface area contributed by atoms with Crippen LogP contribution in [0.15, 0.2) is 72.8 Å². The van der Waals surface area contributed by atoms with E-state index in [0.717, 1.165) is 71.2 Å². The number of ether oxygens (including phenoxy) is 1. The topological polar surface area (TPSA) is 55.1 Å². The summed E-state index contributed by atoms with van der Waals surface area (Å²) < 4.78 is 7.66. The zero-order chi connectivity index (χ0) is 27.6. The summed E-state index contributed by atoms with van der Waals surface area (Å²) >= 11 is 6.62. The Morgan fingerprint density at radius 3 is 2.38 bits per heavy atom. The second-order valence-corrected chi connectivity index (χ2v) is 11.6. The van der Waals surface area contributed by atoms with Crippen LogP contribution >= 0.6 is 11.6 Å². The standard InChI is InChI=1S/C33H36ClN3O2/c1-5-6-21-37-28-22-26(23-11-8-7-9-12-23)30(35-27(28)17-18-29(37)34)24-13-15-25(16-14-24)33(19-10-20-33)36-31(38)39-32(2,3)4/h6-9,11-18,22H,5,10,19-21H2,1-4H3,(H,36,38). The first kappa shape index (κ1) is 27.1. The number of unbranched alkanes of at least 4 members (excludes halogenated alkanes) is 1. The van der Waals surface area contributed by atoms with E-state index in [9.17, 15) is 4.79 Å². The van der Waals surface area contributed by atoms with Crippen LogP contribution in [0.5, 0.6) is 0 Å². The number of fused-ring (bicyclic) bond motifs is 1. The number of nitrogens with one attached hydrogen (secondary N) is 1. The number of halogens is 1. The summed E-state index contributed by atoms with van der Waals surface area (Å²) in [6.45, 7) is 8.50. The summed E-state index contributed by atoms with van der Waals surface area (Å²) in [5.41, 5.74) is 6.14. The molecule has 0 spiro atoms. The van der Waals surface area contributed by atoms with Crippen LogP contribution in [0.2, 0.25) is 5.15 Å². The van der Waals surface area contributed by atoms with E-state index in [0.29, 0.717) is 5.15 Å². The summed E-state index contributed by atoms with van der Waals surface area (Å²) in [7, 11) is 0. The lowest BCUT2D eigenvalue weighted by Crippen LogP contribution is -2.52. The average Bonchev–Trinajstić information content (AvgIpc) is 2.89. The summed E-state index contributed by atoms with van der Waals surface area (Å²) in [5.74, 6) is 0. The number of carbonyl (C=O) groups is 1. The van der Waals surface area contributed by atoms with E-state index in [1.165, 1.54) is 0 Å². The minimum atomic E-state index is -0.536. The fourth-order valence-corrected chi connectivity index (χ4v) is 5.40. The van der Waals surface area contributed by atoms with E-state index in [1.54, 1.807) is 0 Å². The third-order valence-electron chi connectivity index (χ3n) is 7.30. The number of amides is 1. The van der Waals surface area contributed by atoms with Gasteiger partial charge in [0.15, 0.2) is 0 Å². The molecule has 1 amide bonds. The minimum absolute atomic E-state index is 0.374. The van der Waals surface area contributed by atoms with Crippen LogP contribution in [-0.4, -0.2) is 16.7 Å². The van der Waals surface area contributed by atoms with E-state index in [2.05, 4.69) is 65.7 Å². The molecule has 1 aliphatic carbocycles. The highest BCUT2D eigenvalue weighted by Gasteiger charge is 2.41. The molecule has 6 heteroatoms. The Morgan fingerprint density at radius 2 is 1.77 bits per heavy atom. The summed E-state index contributed by atoms with van der Waals surface area (Å²) in [5, 5.41) is 3.84. The maximum atomic E-state index is 12.6. The second kappa shape index (κ2) is 11.0. The summed E-state index contributed by atoms with van der Waals surface area (Å²) in [6.07, 6.45) is 5.66. The molecule has 2 aromatic carbocycles. The number of hydrogen-bond donors (Lipinski definition) is 1. The average molecular weight is 542 g/mol. The molecule has 5 rings (SSSR count). The predicted octanol–water partition coefficient (Wildman–Crippen LogP) is 8.03. The normalized spacial score (nSPS) is 14.6. The number of alkyl carbamates (subject to hydrolysis) is 1. The van der Waals surface area contributed by atoms with Crippen molar-refractivity contribution in [1.82, 2.24) is 10.3 Å². The van der Waals surface area contributed by atoms with Gasteiger partial charge < -0.3 is 10.1 Å². The molecule has 2 heterocycles. The van der Waals surface area contributed by atoms with Crippen LogP contribution in [0, 0.1) is 6.42 Å². The smallest absolute Gasteiger partial charge is 0.408 e. The summed E-state index contributed by atoms with van der Waals surface area (Å²) in [4.78, 5) is 17.8. The number of carbonyl (C=O) groups excluding carboxylic acids is 1. The number of hydrogen-bond acceptors (Lipinski definition) is 3. The van der Waals surface area contributed by atoms with Crippen LogP contribution in [0.4, 0.5) is 4.79 Å². The lowest BCUT2D eigenvalue weighted by Gasteiger charge is -2.43. The van der Waals surface area contributed by atoms with E-state index in [4.69, 9.17) is 21.3 Å². The highest BCUT2D eigenvalue weighted by atomic mass is 35.5. The first-order valence-electron chi connectivity index (χ1n) is 13.7. The molecule has 4 aromatic rings. The Balaban J connectivity index is 1.55. The fourth-order valence-electron chi connectivity index (χ4n) is 5.17. The summed E-state index contributed by atoms with van der Waals surface area (Å²) in [6, 6.07) is 24.9. The molecule has 5 nitrogen and oxygen atoms in total. The number of rotatable bonds is 7. The van der Waals surface area contributed by atoms with E-state index in [-0.39, 0.29) is 6.09 Å². The molecule has 202 valence electrons. The lowest BCUT2D eigenvalue weighted by atomic mass is 9.71. The van der Waals surface area contributed by atoms with Gasteiger partial charge in [-0.1, -0.05) is 61.5 Å². The lowest BCUT2D eigenvalue weighted by molar-refractivity contribution is -0.662. The monoisotopic (exact) mass is 541 g/mol. The van der Waals surface area contributed by atoms with Crippen LogP contribution in [0.3, 0.4) is 0 Å². The van der Waals surface area contributed by atoms with Gasteiger partial charge in [-0.25, -0.2) is 14.3 Å². The quantitative estimate of drug-likeness (QED) is 0.146. The molecule has 1 aliphatic rings. The third-order valence-corrected chi connectivity index (χ3v) is 7.63. The fraction of sp³-hybridized carbons (Fsp3) is 0.333. The van der Waals surface area contributed by atoms with Crippen molar-refractivity contribution in [3.8, 4) is 22.4 Å². The third kappa shape index (κ3) is 5.79. The van der Waals surface area contributed by atoms with Gasteiger partial charge in [-0.3, -0.25) is 6.42 Å². The molecular formula is C33H36ClN3O2. The molecule has 1 fully saturated rings. The van der Waals surface area contributed by atoms with Gasteiger partial charge in [-0.15, -0.1) is 0 Å². The first-order chi connectivity index (χ1) is 18.7. The molecule has 0 radical (unpaired) electrons. The zero-order valence-electron chi connectivity index (χ0n) is 23.1. The largest absolute Gasteiger partial charge is 0.444 e. The maximum Gasteiger partial charge on any atom is 0.408 e. The molecule has 0 aliphatic heterocycles. The Hall–Kier alpha value is -3.44. The number of aromatic nitrogens is 2. The van der Waals surface area contributed by atoms with Crippen LogP contribution in [-0.2, 0) is 16.8 Å². The Kier molecular flexibility index (Phi) is 7.64. The van der Waals surface area contributed by atoms with Gasteiger partial charge >= 0.3 is 6.09 Å². The van der Waals surface area contributed by atoms with Crippen molar-refractivity contribution in [1.29, 1.82) is 0 Å². The van der Waals surface area contributed by atoms with Gasteiger partial charge in [0, 0.05) is 29.8 Å². The molecule has 39 heavy (non-hydrogen) atoms.